The van der Waals surface area contributed by atoms with Gasteiger partial charge in [-0.25, -0.2) is 8.42 Å². The minimum atomic E-state index is -4.12. The van der Waals surface area contributed by atoms with Crippen molar-refractivity contribution in [3.05, 3.63) is 131 Å². The Morgan fingerprint density at radius 2 is 1.39 bits per heavy atom. The fourth-order valence-electron chi connectivity index (χ4n) is 6.03. The SMILES string of the molecule is Cc1ccc(N(CC(=O)N(Cc2ccccc2C)C(Cc2ccccc2)C(=O)NC2CCCCC2)S(=O)(=O)c2ccccc2)cc1. The van der Waals surface area contributed by atoms with E-state index in [2.05, 4.69) is 5.32 Å². The second-order valence-electron chi connectivity index (χ2n) is 12.2. The van der Waals surface area contributed by atoms with Crippen molar-refractivity contribution in [1.82, 2.24) is 10.2 Å². The first-order valence-electron chi connectivity index (χ1n) is 16.0. The number of aryl methyl sites for hydroxylation is 2. The maximum atomic E-state index is 14.7. The first-order valence-corrected chi connectivity index (χ1v) is 17.5. The van der Waals surface area contributed by atoms with Gasteiger partial charge in [0.05, 0.1) is 10.6 Å². The lowest BCUT2D eigenvalue weighted by Crippen LogP contribution is -2.55. The first kappa shape index (κ1) is 32.9. The molecule has 1 aliphatic carbocycles. The number of amides is 2. The van der Waals surface area contributed by atoms with Gasteiger partial charge in [0.1, 0.15) is 12.6 Å². The Labute approximate surface area is 273 Å². The number of benzene rings is 4. The second-order valence-corrected chi connectivity index (χ2v) is 14.0. The van der Waals surface area contributed by atoms with Crippen molar-refractivity contribution in [2.75, 3.05) is 10.8 Å². The highest BCUT2D eigenvalue weighted by molar-refractivity contribution is 7.92. The van der Waals surface area contributed by atoms with Gasteiger partial charge in [0, 0.05) is 19.0 Å². The van der Waals surface area contributed by atoms with Crippen molar-refractivity contribution in [1.29, 1.82) is 0 Å². The van der Waals surface area contributed by atoms with Crippen molar-refractivity contribution in [2.24, 2.45) is 0 Å². The highest BCUT2D eigenvalue weighted by Gasteiger charge is 2.35. The van der Waals surface area contributed by atoms with Crippen LogP contribution in [0.4, 0.5) is 5.69 Å². The number of hydrogen-bond donors (Lipinski definition) is 1. The Balaban J connectivity index is 1.56. The molecule has 1 fully saturated rings. The van der Waals surface area contributed by atoms with Crippen LogP contribution in [0.3, 0.4) is 0 Å². The second kappa shape index (κ2) is 15.2. The van der Waals surface area contributed by atoms with Crippen LogP contribution in [-0.2, 0) is 32.6 Å². The zero-order chi connectivity index (χ0) is 32.5. The van der Waals surface area contributed by atoms with Crippen LogP contribution in [-0.4, -0.2) is 43.8 Å². The zero-order valence-electron chi connectivity index (χ0n) is 26.6. The molecule has 7 nitrogen and oxygen atoms in total. The number of nitrogens with one attached hydrogen (secondary N) is 1. The highest BCUT2D eigenvalue weighted by atomic mass is 32.2. The van der Waals surface area contributed by atoms with Crippen LogP contribution in [0.15, 0.2) is 114 Å². The molecule has 0 radical (unpaired) electrons. The van der Waals surface area contributed by atoms with Crippen LogP contribution < -0.4 is 9.62 Å². The summed E-state index contributed by atoms with van der Waals surface area (Å²) in [7, 11) is -4.12. The summed E-state index contributed by atoms with van der Waals surface area (Å²) in [5, 5.41) is 3.26. The van der Waals surface area contributed by atoms with Crippen LogP contribution in [0.1, 0.15) is 54.4 Å². The summed E-state index contributed by atoms with van der Waals surface area (Å²) >= 11 is 0. The summed E-state index contributed by atoms with van der Waals surface area (Å²) in [6, 6.07) is 31.9. The Kier molecular flexibility index (Phi) is 10.9. The van der Waals surface area contributed by atoms with E-state index < -0.39 is 28.5 Å². The van der Waals surface area contributed by atoms with E-state index in [1.54, 1.807) is 35.2 Å². The lowest BCUT2D eigenvalue weighted by molar-refractivity contribution is -0.140. The maximum absolute atomic E-state index is 14.7. The number of sulfonamides is 1. The standard InChI is InChI=1S/C38H43N3O4S/c1-29-22-24-34(25-23-29)41(46(44,45)35-20-10-5-11-21-35)28-37(42)40(27-32-17-13-12-14-30(32)2)36(26-31-15-6-3-7-16-31)38(43)39-33-18-8-4-9-19-33/h3,5-7,10-17,20-25,33,36H,4,8-9,18-19,26-28H2,1-2H3,(H,39,43). The molecule has 0 heterocycles. The maximum Gasteiger partial charge on any atom is 0.264 e. The number of rotatable bonds is 12. The van der Waals surface area contributed by atoms with E-state index in [0.29, 0.717) is 12.1 Å². The molecule has 4 aromatic carbocycles. The van der Waals surface area contributed by atoms with Crippen LogP contribution in [0, 0.1) is 13.8 Å². The van der Waals surface area contributed by atoms with E-state index in [4.69, 9.17) is 0 Å². The third-order valence-corrected chi connectivity index (χ3v) is 10.5. The van der Waals surface area contributed by atoms with E-state index in [-0.39, 0.29) is 23.4 Å². The molecule has 2 amide bonds. The van der Waals surface area contributed by atoms with Gasteiger partial charge >= 0.3 is 0 Å². The molecule has 0 aromatic heterocycles. The molecule has 1 unspecified atom stereocenters. The summed E-state index contributed by atoms with van der Waals surface area (Å²) in [6.07, 6.45) is 5.39. The van der Waals surface area contributed by atoms with E-state index >= 15 is 0 Å². The molecule has 0 bridgehead atoms. The molecule has 8 heteroatoms. The van der Waals surface area contributed by atoms with Gasteiger partial charge in [0.2, 0.25) is 11.8 Å². The summed E-state index contributed by atoms with van der Waals surface area (Å²) in [6.45, 7) is 3.60. The van der Waals surface area contributed by atoms with E-state index in [1.165, 1.54) is 12.1 Å². The molecule has 1 aliphatic rings. The van der Waals surface area contributed by atoms with E-state index in [1.807, 2.05) is 80.6 Å². The van der Waals surface area contributed by atoms with Gasteiger partial charge in [0.15, 0.2) is 0 Å². The van der Waals surface area contributed by atoms with Crippen molar-refractivity contribution in [3.63, 3.8) is 0 Å². The molecule has 0 spiro atoms. The first-order chi connectivity index (χ1) is 22.2. The van der Waals surface area contributed by atoms with Gasteiger partial charge in [-0.2, -0.15) is 0 Å². The molecule has 0 aliphatic heterocycles. The summed E-state index contributed by atoms with van der Waals surface area (Å²) < 4.78 is 29.4. The minimum Gasteiger partial charge on any atom is -0.352 e. The van der Waals surface area contributed by atoms with Gasteiger partial charge in [0.25, 0.3) is 10.0 Å². The van der Waals surface area contributed by atoms with E-state index in [9.17, 15) is 18.0 Å². The summed E-state index contributed by atoms with van der Waals surface area (Å²) in [4.78, 5) is 30.5. The Bertz CT molecular complexity index is 1700. The van der Waals surface area contributed by atoms with Crippen molar-refractivity contribution in [3.8, 4) is 0 Å². The Hall–Kier alpha value is -4.43. The van der Waals surface area contributed by atoms with Gasteiger partial charge in [-0.1, -0.05) is 110 Å². The molecule has 1 atom stereocenters. The quantitative estimate of drug-likeness (QED) is 0.190. The smallest absolute Gasteiger partial charge is 0.264 e. The third-order valence-electron chi connectivity index (χ3n) is 8.76. The van der Waals surface area contributed by atoms with Crippen LogP contribution in [0.2, 0.25) is 0 Å². The van der Waals surface area contributed by atoms with Crippen molar-refractivity contribution >= 4 is 27.5 Å². The minimum absolute atomic E-state index is 0.0532. The van der Waals surface area contributed by atoms with Gasteiger partial charge in [-0.3, -0.25) is 13.9 Å². The summed E-state index contributed by atoms with van der Waals surface area (Å²) in [5.41, 5.74) is 4.15. The molecule has 1 saturated carbocycles. The van der Waals surface area contributed by atoms with Crippen LogP contribution in [0.25, 0.3) is 0 Å². The highest BCUT2D eigenvalue weighted by Crippen LogP contribution is 2.26. The predicted molar refractivity (Wildman–Crippen MR) is 183 cm³/mol. The van der Waals surface area contributed by atoms with Crippen molar-refractivity contribution in [2.45, 2.75) is 75.9 Å². The normalized spacial score (nSPS) is 14.3. The number of nitrogens with zero attached hydrogens (tertiary/aromatic N) is 2. The average molecular weight is 638 g/mol. The molecular weight excluding hydrogens is 595 g/mol. The molecule has 5 rings (SSSR count). The van der Waals surface area contributed by atoms with Gasteiger partial charge in [-0.15, -0.1) is 0 Å². The number of anilines is 1. The predicted octanol–water partition coefficient (Wildman–Crippen LogP) is 6.59. The molecule has 240 valence electrons. The summed E-state index contributed by atoms with van der Waals surface area (Å²) in [5.74, 6) is -0.673. The van der Waals surface area contributed by atoms with Crippen LogP contribution in [0.5, 0.6) is 0 Å². The van der Waals surface area contributed by atoms with Crippen molar-refractivity contribution < 1.29 is 18.0 Å². The molecule has 1 N–H and O–H groups in total. The molecule has 4 aromatic rings. The third kappa shape index (κ3) is 8.23. The lowest BCUT2D eigenvalue weighted by Gasteiger charge is -2.35. The van der Waals surface area contributed by atoms with Gasteiger partial charge < -0.3 is 10.2 Å². The number of carbonyl (C=O) groups excluding carboxylic acids is 2. The monoisotopic (exact) mass is 637 g/mol. The molecule has 0 saturated heterocycles. The fourth-order valence-corrected chi connectivity index (χ4v) is 7.46. The molecular formula is C38H43N3O4S. The number of carbonyl (C=O) groups is 2. The topological polar surface area (TPSA) is 86.8 Å². The number of hydrogen-bond acceptors (Lipinski definition) is 4. The Morgan fingerprint density at radius 3 is 2.04 bits per heavy atom. The van der Waals surface area contributed by atoms with Gasteiger partial charge in [-0.05, 0) is 67.6 Å². The lowest BCUT2D eigenvalue weighted by atomic mass is 9.94. The van der Waals surface area contributed by atoms with E-state index in [0.717, 1.165) is 58.7 Å². The zero-order valence-corrected chi connectivity index (χ0v) is 27.5. The Morgan fingerprint density at radius 1 is 0.783 bits per heavy atom. The van der Waals surface area contributed by atoms with Crippen LogP contribution >= 0.6 is 0 Å². The molecule has 46 heavy (non-hydrogen) atoms. The fraction of sp³-hybridized carbons (Fsp3) is 0.316. The largest absolute Gasteiger partial charge is 0.352 e. The average Bonchev–Trinajstić information content (AvgIpc) is 3.07.